The molecule has 0 fully saturated rings. The minimum atomic E-state index is 0.787. The van der Waals surface area contributed by atoms with Gasteiger partial charge >= 0.3 is 0 Å². The molecule has 0 saturated heterocycles. The third-order valence-electron chi connectivity index (χ3n) is 1.96. The van der Waals surface area contributed by atoms with Crippen molar-refractivity contribution in [1.29, 1.82) is 0 Å². The van der Waals surface area contributed by atoms with E-state index in [4.69, 9.17) is 0 Å². The van der Waals surface area contributed by atoms with Gasteiger partial charge in [0.15, 0.2) is 5.95 Å². The van der Waals surface area contributed by atoms with Crippen LogP contribution in [0.5, 0.6) is 0 Å². The van der Waals surface area contributed by atoms with Crippen LogP contribution in [0.15, 0.2) is 30.6 Å². The van der Waals surface area contributed by atoms with Crippen molar-refractivity contribution < 1.29 is 0 Å². The first-order valence-electron chi connectivity index (χ1n) is 4.50. The van der Waals surface area contributed by atoms with Gasteiger partial charge in [0.05, 0.1) is 6.20 Å². The van der Waals surface area contributed by atoms with Crippen LogP contribution in [0.1, 0.15) is 11.4 Å². The number of anilines is 1. The lowest BCUT2D eigenvalue weighted by molar-refractivity contribution is 1.03. The van der Waals surface area contributed by atoms with Crippen molar-refractivity contribution in [2.75, 3.05) is 12.4 Å². The van der Waals surface area contributed by atoms with E-state index in [0.717, 1.165) is 23.8 Å². The van der Waals surface area contributed by atoms with E-state index in [2.05, 4.69) is 20.3 Å². The summed E-state index contributed by atoms with van der Waals surface area (Å²) in [6.45, 7) is 0. The zero-order chi connectivity index (χ0) is 9.80. The van der Waals surface area contributed by atoms with E-state index in [1.807, 2.05) is 31.4 Å². The maximum atomic E-state index is 4.24. The van der Waals surface area contributed by atoms with Crippen LogP contribution in [-0.4, -0.2) is 22.0 Å². The molecule has 0 aliphatic heterocycles. The van der Waals surface area contributed by atoms with Gasteiger partial charge in [0.1, 0.15) is 0 Å². The Morgan fingerprint density at radius 3 is 2.93 bits per heavy atom. The average Bonchev–Trinajstić information content (AvgIpc) is 2.67. The molecule has 0 unspecified atom stereocenters. The summed E-state index contributed by atoms with van der Waals surface area (Å²) in [7, 11) is 1.84. The highest BCUT2D eigenvalue weighted by Gasteiger charge is 2.00. The molecule has 14 heavy (non-hydrogen) atoms. The zero-order valence-electron chi connectivity index (χ0n) is 7.99. The Hall–Kier alpha value is -1.84. The lowest BCUT2D eigenvalue weighted by atomic mass is 10.2. The Morgan fingerprint density at radius 2 is 2.29 bits per heavy atom. The van der Waals surface area contributed by atoms with E-state index in [1.54, 1.807) is 6.20 Å². The first kappa shape index (κ1) is 8.74. The third-order valence-corrected chi connectivity index (χ3v) is 1.96. The Labute approximate surface area is 82.4 Å². The second-order valence-electron chi connectivity index (χ2n) is 3.00. The van der Waals surface area contributed by atoms with Gasteiger partial charge < -0.3 is 10.3 Å². The molecule has 2 N–H and O–H groups in total. The van der Waals surface area contributed by atoms with Gasteiger partial charge in [-0.3, -0.25) is 4.98 Å². The Morgan fingerprint density at radius 1 is 1.36 bits per heavy atom. The predicted octanol–water partition coefficient (Wildman–Crippen LogP) is 1.44. The standard InChI is InChI=1S/C10H12N4/c1-11-10-13-7-9(14-10)6-8-4-2-3-5-12-8/h2-5,7H,6H2,1H3,(H2,11,13,14). The highest BCUT2D eigenvalue weighted by molar-refractivity contribution is 5.26. The minimum absolute atomic E-state index is 0.787. The van der Waals surface area contributed by atoms with Crippen LogP contribution in [0.4, 0.5) is 5.95 Å². The number of hydrogen-bond donors (Lipinski definition) is 2. The fourth-order valence-electron chi connectivity index (χ4n) is 1.27. The summed E-state index contributed by atoms with van der Waals surface area (Å²) in [6, 6.07) is 5.90. The Balaban J connectivity index is 2.11. The smallest absolute Gasteiger partial charge is 0.200 e. The third kappa shape index (κ3) is 1.90. The first-order valence-corrected chi connectivity index (χ1v) is 4.50. The van der Waals surface area contributed by atoms with Gasteiger partial charge in [-0.15, -0.1) is 0 Å². The molecular formula is C10H12N4. The molecular weight excluding hydrogens is 176 g/mol. The summed E-state index contributed by atoms with van der Waals surface area (Å²) >= 11 is 0. The van der Waals surface area contributed by atoms with Crippen LogP contribution < -0.4 is 5.32 Å². The molecule has 0 saturated carbocycles. The van der Waals surface area contributed by atoms with Crippen LogP contribution in [0.3, 0.4) is 0 Å². The number of aromatic amines is 1. The van der Waals surface area contributed by atoms with Crippen molar-refractivity contribution in [3.8, 4) is 0 Å². The molecule has 0 aliphatic rings. The number of hydrogen-bond acceptors (Lipinski definition) is 3. The largest absolute Gasteiger partial charge is 0.359 e. The van der Waals surface area contributed by atoms with Crippen molar-refractivity contribution in [2.45, 2.75) is 6.42 Å². The van der Waals surface area contributed by atoms with Gasteiger partial charge in [0.2, 0.25) is 0 Å². The molecule has 0 radical (unpaired) electrons. The van der Waals surface area contributed by atoms with Gasteiger partial charge in [-0.05, 0) is 12.1 Å². The summed E-state index contributed by atoms with van der Waals surface area (Å²) in [5, 5.41) is 2.95. The van der Waals surface area contributed by atoms with E-state index in [0.29, 0.717) is 0 Å². The molecule has 4 nitrogen and oxygen atoms in total. The van der Waals surface area contributed by atoms with E-state index < -0.39 is 0 Å². The van der Waals surface area contributed by atoms with Crippen LogP contribution >= 0.6 is 0 Å². The molecule has 72 valence electrons. The normalized spacial score (nSPS) is 10.1. The maximum absolute atomic E-state index is 4.24. The number of rotatable bonds is 3. The highest BCUT2D eigenvalue weighted by Crippen LogP contribution is 2.06. The maximum Gasteiger partial charge on any atom is 0.200 e. The van der Waals surface area contributed by atoms with E-state index >= 15 is 0 Å². The summed E-state index contributed by atoms with van der Waals surface area (Å²) in [4.78, 5) is 11.5. The summed E-state index contributed by atoms with van der Waals surface area (Å²) in [6.07, 6.45) is 4.40. The molecule has 0 bridgehead atoms. The van der Waals surface area contributed by atoms with Gasteiger partial charge in [-0.25, -0.2) is 4.98 Å². The molecule has 2 aromatic heterocycles. The van der Waals surface area contributed by atoms with Crippen LogP contribution in [0, 0.1) is 0 Å². The quantitative estimate of drug-likeness (QED) is 0.766. The summed E-state index contributed by atoms with van der Waals surface area (Å²) in [5.41, 5.74) is 2.10. The van der Waals surface area contributed by atoms with Crippen LogP contribution in [0.2, 0.25) is 0 Å². The fourth-order valence-corrected chi connectivity index (χ4v) is 1.27. The molecule has 2 aromatic rings. The number of nitrogens with zero attached hydrogens (tertiary/aromatic N) is 2. The highest BCUT2D eigenvalue weighted by atomic mass is 15.1. The molecule has 2 heterocycles. The summed E-state index contributed by atoms with van der Waals surface area (Å²) < 4.78 is 0. The monoisotopic (exact) mass is 188 g/mol. The summed E-state index contributed by atoms with van der Waals surface area (Å²) in [5.74, 6) is 0.788. The number of pyridine rings is 1. The zero-order valence-corrected chi connectivity index (χ0v) is 7.99. The number of imidazole rings is 1. The van der Waals surface area contributed by atoms with E-state index in [-0.39, 0.29) is 0 Å². The van der Waals surface area contributed by atoms with Crippen molar-refractivity contribution >= 4 is 5.95 Å². The SMILES string of the molecule is CNc1ncc(Cc2ccccn2)[nH]1. The van der Waals surface area contributed by atoms with Gasteiger partial charge in [0.25, 0.3) is 0 Å². The van der Waals surface area contributed by atoms with Crippen LogP contribution in [0.25, 0.3) is 0 Å². The topological polar surface area (TPSA) is 53.6 Å². The van der Waals surface area contributed by atoms with Crippen molar-refractivity contribution in [3.63, 3.8) is 0 Å². The number of nitrogens with one attached hydrogen (secondary N) is 2. The van der Waals surface area contributed by atoms with Crippen molar-refractivity contribution in [2.24, 2.45) is 0 Å². The Bertz CT molecular complexity index is 394. The number of aromatic nitrogens is 3. The lowest BCUT2D eigenvalue weighted by Gasteiger charge is -1.96. The lowest BCUT2D eigenvalue weighted by Crippen LogP contribution is -1.93. The second kappa shape index (κ2) is 3.91. The van der Waals surface area contributed by atoms with Gasteiger partial charge in [-0.1, -0.05) is 6.07 Å². The molecule has 0 atom stereocenters. The van der Waals surface area contributed by atoms with Crippen LogP contribution in [-0.2, 0) is 6.42 Å². The van der Waals surface area contributed by atoms with Crippen molar-refractivity contribution in [3.05, 3.63) is 42.0 Å². The van der Waals surface area contributed by atoms with Gasteiger partial charge in [-0.2, -0.15) is 0 Å². The predicted molar refractivity (Wildman–Crippen MR) is 55.2 cm³/mol. The molecule has 0 aliphatic carbocycles. The average molecular weight is 188 g/mol. The van der Waals surface area contributed by atoms with E-state index in [9.17, 15) is 0 Å². The molecule has 0 spiro atoms. The van der Waals surface area contributed by atoms with Crippen molar-refractivity contribution in [1.82, 2.24) is 15.0 Å². The molecule has 0 aromatic carbocycles. The second-order valence-corrected chi connectivity index (χ2v) is 3.00. The molecule has 4 heteroatoms. The number of H-pyrrole nitrogens is 1. The molecule has 2 rings (SSSR count). The molecule has 0 amide bonds. The van der Waals surface area contributed by atoms with E-state index in [1.165, 1.54) is 0 Å². The van der Waals surface area contributed by atoms with Gasteiger partial charge in [0, 0.05) is 31.1 Å². The Kier molecular flexibility index (Phi) is 2.44. The minimum Gasteiger partial charge on any atom is -0.359 e. The fraction of sp³-hybridized carbons (Fsp3) is 0.200. The first-order chi connectivity index (χ1) is 6.88.